The normalized spacial score (nSPS) is 10.7. The lowest BCUT2D eigenvalue weighted by Gasteiger charge is -2.07. The number of anilines is 1. The minimum atomic E-state index is 0.298. The molecule has 0 radical (unpaired) electrons. The smallest absolute Gasteiger partial charge is 0.148 e. The topological polar surface area (TPSA) is 80.5 Å². The van der Waals surface area contributed by atoms with Crippen LogP contribution < -0.4 is 5.73 Å². The van der Waals surface area contributed by atoms with E-state index in [4.69, 9.17) is 17.3 Å². The van der Waals surface area contributed by atoms with Gasteiger partial charge in [-0.1, -0.05) is 23.7 Å². The summed E-state index contributed by atoms with van der Waals surface area (Å²) in [5, 5.41) is 10.6. The van der Waals surface area contributed by atoms with Crippen LogP contribution in [0.2, 0.25) is 5.02 Å². The van der Waals surface area contributed by atoms with Crippen molar-refractivity contribution in [3.8, 4) is 6.07 Å². The van der Waals surface area contributed by atoms with E-state index in [9.17, 15) is 5.26 Å². The van der Waals surface area contributed by atoms with E-state index in [1.165, 1.54) is 6.33 Å². The van der Waals surface area contributed by atoms with E-state index in [2.05, 4.69) is 32.0 Å². The molecule has 5 nitrogen and oxygen atoms in total. The number of aromatic nitrogens is 3. The third-order valence-electron chi connectivity index (χ3n) is 3.17. The molecule has 3 rings (SSSR count). The number of rotatable bonds is 2. The Bertz CT molecular complexity index is 864. The number of hydrogen-bond acceptors (Lipinski definition) is 4. The number of nitriles is 1. The van der Waals surface area contributed by atoms with Crippen molar-refractivity contribution >= 4 is 44.4 Å². The summed E-state index contributed by atoms with van der Waals surface area (Å²) in [6.45, 7) is 0.548. The fourth-order valence-corrected chi connectivity index (χ4v) is 2.89. The zero-order chi connectivity index (χ0) is 15.0. The molecular weight excluding hydrogens is 354 g/mol. The Morgan fingerprint density at radius 1 is 1.29 bits per heavy atom. The monoisotopic (exact) mass is 361 g/mol. The molecule has 0 aliphatic carbocycles. The van der Waals surface area contributed by atoms with E-state index >= 15 is 0 Å². The molecule has 0 saturated heterocycles. The molecular formula is C14H9BrClN5. The second kappa shape index (κ2) is 5.35. The molecule has 0 aliphatic heterocycles. The largest absolute Gasteiger partial charge is 0.383 e. The Hall–Kier alpha value is -2.10. The van der Waals surface area contributed by atoms with Gasteiger partial charge in [-0.25, -0.2) is 9.97 Å². The van der Waals surface area contributed by atoms with Gasteiger partial charge >= 0.3 is 0 Å². The highest BCUT2D eigenvalue weighted by Gasteiger charge is 2.19. The van der Waals surface area contributed by atoms with Gasteiger partial charge in [-0.05, 0) is 33.6 Å². The molecule has 21 heavy (non-hydrogen) atoms. The van der Waals surface area contributed by atoms with Crippen LogP contribution in [0.25, 0.3) is 11.0 Å². The molecule has 0 unspecified atom stereocenters. The number of fused-ring (bicyclic) bond motifs is 1. The number of nitrogens with zero attached hydrogens (tertiary/aromatic N) is 4. The van der Waals surface area contributed by atoms with Gasteiger partial charge in [-0.3, -0.25) is 0 Å². The lowest BCUT2D eigenvalue weighted by molar-refractivity contribution is 0.804. The molecule has 0 atom stereocenters. The van der Waals surface area contributed by atoms with Gasteiger partial charge < -0.3 is 10.3 Å². The first-order chi connectivity index (χ1) is 10.1. The van der Waals surface area contributed by atoms with Crippen LogP contribution in [0.15, 0.2) is 35.2 Å². The predicted molar refractivity (Wildman–Crippen MR) is 84.9 cm³/mol. The van der Waals surface area contributed by atoms with Crippen molar-refractivity contribution in [2.75, 3.05) is 5.73 Å². The van der Waals surface area contributed by atoms with Crippen molar-refractivity contribution in [3.05, 3.63) is 51.3 Å². The Balaban J connectivity index is 2.19. The van der Waals surface area contributed by atoms with Crippen molar-refractivity contribution in [3.63, 3.8) is 0 Å². The summed E-state index contributed by atoms with van der Waals surface area (Å²) >= 11 is 9.34. The number of halogens is 2. The quantitative estimate of drug-likeness (QED) is 0.758. The van der Waals surface area contributed by atoms with Crippen molar-refractivity contribution in [2.45, 2.75) is 6.54 Å². The summed E-state index contributed by atoms with van der Waals surface area (Å²) in [6.07, 6.45) is 1.39. The first-order valence-corrected chi connectivity index (χ1v) is 7.21. The number of hydrogen-bond donors (Lipinski definition) is 1. The molecule has 0 bridgehead atoms. The van der Waals surface area contributed by atoms with E-state index in [1.807, 2.05) is 28.8 Å². The highest BCUT2D eigenvalue weighted by atomic mass is 79.9. The zero-order valence-corrected chi connectivity index (χ0v) is 13.1. The lowest BCUT2D eigenvalue weighted by Crippen LogP contribution is -2.01. The van der Waals surface area contributed by atoms with Gasteiger partial charge in [-0.15, -0.1) is 0 Å². The Labute approximate surface area is 134 Å². The van der Waals surface area contributed by atoms with Gasteiger partial charge in [0.1, 0.15) is 28.5 Å². The Morgan fingerprint density at radius 3 is 2.67 bits per heavy atom. The third-order valence-corrected chi connectivity index (χ3v) is 4.25. The molecule has 0 aliphatic rings. The number of nitrogens with two attached hydrogens (primary N) is 1. The maximum atomic E-state index is 9.33. The van der Waals surface area contributed by atoms with Gasteiger partial charge in [0, 0.05) is 5.02 Å². The van der Waals surface area contributed by atoms with Gasteiger partial charge in [-0.2, -0.15) is 5.26 Å². The van der Waals surface area contributed by atoms with Crippen LogP contribution in [-0.4, -0.2) is 14.5 Å². The van der Waals surface area contributed by atoms with Gasteiger partial charge in [0.05, 0.1) is 17.5 Å². The van der Waals surface area contributed by atoms with Crippen LogP contribution in [0.1, 0.15) is 11.1 Å². The maximum absolute atomic E-state index is 9.33. The standard InChI is InChI=1S/C14H9BrClN5/c15-12-10(5-17)11-13(18)19-7-20-14(11)21(12)6-8-1-3-9(16)4-2-8/h1-4,7H,6H2,(H2,18,19,20). The molecule has 0 saturated carbocycles. The third kappa shape index (κ3) is 2.35. The molecule has 0 spiro atoms. The summed E-state index contributed by atoms with van der Waals surface area (Å²) in [6, 6.07) is 9.65. The summed E-state index contributed by atoms with van der Waals surface area (Å²) in [5.74, 6) is 0.298. The second-order valence-electron chi connectivity index (χ2n) is 4.45. The number of benzene rings is 1. The fraction of sp³-hybridized carbons (Fsp3) is 0.0714. The van der Waals surface area contributed by atoms with Crippen LogP contribution in [0.3, 0.4) is 0 Å². The average molecular weight is 363 g/mol. The Kier molecular flexibility index (Phi) is 3.53. The van der Waals surface area contributed by atoms with Crippen LogP contribution in [-0.2, 0) is 6.54 Å². The van der Waals surface area contributed by atoms with E-state index in [0.717, 1.165) is 5.56 Å². The van der Waals surface area contributed by atoms with Crippen molar-refractivity contribution < 1.29 is 0 Å². The van der Waals surface area contributed by atoms with Crippen LogP contribution in [0, 0.1) is 11.3 Å². The summed E-state index contributed by atoms with van der Waals surface area (Å²) in [5.41, 5.74) is 7.98. The van der Waals surface area contributed by atoms with E-state index in [-0.39, 0.29) is 0 Å². The SMILES string of the molecule is N#Cc1c(Br)n(Cc2ccc(Cl)cc2)c2ncnc(N)c12. The molecule has 2 aromatic heterocycles. The fourth-order valence-electron chi connectivity index (χ4n) is 2.18. The van der Waals surface area contributed by atoms with Crippen LogP contribution in [0.4, 0.5) is 5.82 Å². The molecule has 0 amide bonds. The molecule has 0 fully saturated rings. The first-order valence-electron chi connectivity index (χ1n) is 6.04. The molecule has 3 aromatic rings. The van der Waals surface area contributed by atoms with Crippen molar-refractivity contribution in [2.24, 2.45) is 0 Å². The summed E-state index contributed by atoms with van der Waals surface area (Å²) < 4.78 is 2.52. The van der Waals surface area contributed by atoms with Crippen molar-refractivity contribution in [1.82, 2.24) is 14.5 Å². The minimum Gasteiger partial charge on any atom is -0.383 e. The lowest BCUT2D eigenvalue weighted by atomic mass is 10.2. The highest BCUT2D eigenvalue weighted by Crippen LogP contribution is 2.31. The van der Waals surface area contributed by atoms with E-state index < -0.39 is 0 Å². The van der Waals surface area contributed by atoms with Gasteiger partial charge in [0.25, 0.3) is 0 Å². The van der Waals surface area contributed by atoms with E-state index in [1.54, 1.807) is 0 Å². The highest BCUT2D eigenvalue weighted by molar-refractivity contribution is 9.10. The zero-order valence-electron chi connectivity index (χ0n) is 10.7. The van der Waals surface area contributed by atoms with Crippen LogP contribution in [0.5, 0.6) is 0 Å². The maximum Gasteiger partial charge on any atom is 0.148 e. The van der Waals surface area contributed by atoms with Crippen LogP contribution >= 0.6 is 27.5 Å². The van der Waals surface area contributed by atoms with Gasteiger partial charge in [0.2, 0.25) is 0 Å². The molecule has 104 valence electrons. The molecule has 2 N–H and O–H groups in total. The van der Waals surface area contributed by atoms with E-state index in [0.29, 0.717) is 38.6 Å². The average Bonchev–Trinajstić information content (AvgIpc) is 2.75. The predicted octanol–water partition coefficient (Wildman–Crippen LogP) is 3.35. The molecule has 1 aromatic carbocycles. The first kappa shape index (κ1) is 13.9. The number of nitrogen functional groups attached to an aromatic ring is 1. The second-order valence-corrected chi connectivity index (χ2v) is 5.64. The summed E-state index contributed by atoms with van der Waals surface area (Å²) in [7, 11) is 0. The van der Waals surface area contributed by atoms with Crippen molar-refractivity contribution in [1.29, 1.82) is 5.26 Å². The summed E-state index contributed by atoms with van der Waals surface area (Å²) in [4.78, 5) is 8.20. The molecule has 2 heterocycles. The molecule has 7 heteroatoms. The van der Waals surface area contributed by atoms with Gasteiger partial charge in [0.15, 0.2) is 0 Å². The Morgan fingerprint density at radius 2 is 2.00 bits per heavy atom. The minimum absolute atomic E-state index is 0.298.